The third-order valence-corrected chi connectivity index (χ3v) is 6.48. The zero-order valence-corrected chi connectivity index (χ0v) is 18.2. The molecule has 0 N–H and O–H groups in total. The van der Waals surface area contributed by atoms with Crippen LogP contribution in [-0.2, 0) is 9.59 Å². The van der Waals surface area contributed by atoms with Crippen LogP contribution in [0.25, 0.3) is 5.57 Å². The summed E-state index contributed by atoms with van der Waals surface area (Å²) in [6.45, 7) is 6.29. The van der Waals surface area contributed by atoms with Crippen molar-refractivity contribution in [1.29, 1.82) is 0 Å². The highest BCUT2D eigenvalue weighted by Gasteiger charge is 2.43. The van der Waals surface area contributed by atoms with Gasteiger partial charge in [-0.3, -0.25) is 9.59 Å². The van der Waals surface area contributed by atoms with E-state index >= 15 is 0 Å². The minimum absolute atomic E-state index is 0.291. The standard InChI is InChI=1S/C22H25N3O4S/c1-4-23-9-11-24(12-10-23)20-19(18-6-5-13-30-18)21(26)25(22(20)27)15-7-8-16(28-2)17(14-15)29-3/h5-8,13-14H,4,9-12H2,1-3H3. The van der Waals surface area contributed by atoms with Crippen LogP contribution < -0.4 is 14.4 Å². The number of imide groups is 1. The Labute approximate surface area is 180 Å². The molecule has 3 heterocycles. The summed E-state index contributed by atoms with van der Waals surface area (Å²) in [5, 5.41) is 1.92. The third kappa shape index (κ3) is 3.46. The summed E-state index contributed by atoms with van der Waals surface area (Å²) in [5.41, 5.74) is 1.45. The van der Waals surface area contributed by atoms with E-state index in [9.17, 15) is 9.59 Å². The number of thiophene rings is 1. The number of carbonyl (C=O) groups excluding carboxylic acids is 2. The number of anilines is 1. The number of hydrogen-bond donors (Lipinski definition) is 0. The number of nitrogens with zero attached hydrogens (tertiary/aromatic N) is 3. The Morgan fingerprint density at radius 3 is 2.30 bits per heavy atom. The highest BCUT2D eigenvalue weighted by Crippen LogP contribution is 2.39. The van der Waals surface area contributed by atoms with E-state index in [-0.39, 0.29) is 11.8 Å². The van der Waals surface area contributed by atoms with Gasteiger partial charge < -0.3 is 19.3 Å². The number of benzene rings is 1. The van der Waals surface area contributed by atoms with Crippen molar-refractivity contribution in [3.8, 4) is 11.5 Å². The minimum Gasteiger partial charge on any atom is -0.493 e. The second-order valence-electron chi connectivity index (χ2n) is 7.11. The van der Waals surface area contributed by atoms with Gasteiger partial charge in [0.05, 0.1) is 25.5 Å². The molecule has 0 unspecified atom stereocenters. The first-order chi connectivity index (χ1) is 14.6. The molecule has 8 heteroatoms. The van der Waals surface area contributed by atoms with Crippen LogP contribution in [0.2, 0.25) is 0 Å². The molecule has 158 valence electrons. The molecule has 1 aromatic heterocycles. The summed E-state index contributed by atoms with van der Waals surface area (Å²) in [6, 6.07) is 8.87. The fourth-order valence-corrected chi connectivity index (χ4v) is 4.70. The molecule has 0 bridgehead atoms. The van der Waals surface area contributed by atoms with Gasteiger partial charge in [0.1, 0.15) is 5.70 Å². The second-order valence-corrected chi connectivity index (χ2v) is 8.05. The van der Waals surface area contributed by atoms with E-state index in [1.54, 1.807) is 25.3 Å². The molecule has 0 spiro atoms. The highest BCUT2D eigenvalue weighted by atomic mass is 32.1. The molecule has 2 aliphatic rings. The number of carbonyl (C=O) groups is 2. The van der Waals surface area contributed by atoms with E-state index < -0.39 is 0 Å². The topological polar surface area (TPSA) is 62.3 Å². The fraction of sp³-hybridized carbons (Fsp3) is 0.364. The number of rotatable bonds is 6. The maximum absolute atomic E-state index is 13.6. The van der Waals surface area contributed by atoms with Crippen LogP contribution in [0, 0.1) is 0 Å². The Bertz CT molecular complexity index is 978. The molecule has 1 fully saturated rings. The SMILES string of the molecule is CCN1CCN(C2=C(c3cccs3)C(=O)N(c3ccc(OC)c(OC)c3)C2=O)CC1. The third-order valence-electron chi connectivity index (χ3n) is 5.59. The van der Waals surface area contributed by atoms with Crippen molar-refractivity contribution in [2.24, 2.45) is 0 Å². The van der Waals surface area contributed by atoms with Crippen LogP contribution >= 0.6 is 11.3 Å². The Morgan fingerprint density at radius 2 is 1.70 bits per heavy atom. The zero-order valence-electron chi connectivity index (χ0n) is 17.4. The summed E-state index contributed by atoms with van der Waals surface area (Å²) in [7, 11) is 3.08. The molecule has 1 aromatic carbocycles. The van der Waals surface area contributed by atoms with Gasteiger partial charge >= 0.3 is 0 Å². The predicted molar refractivity (Wildman–Crippen MR) is 117 cm³/mol. The number of likely N-dealkylation sites (N-methyl/N-ethyl adjacent to an activating group) is 1. The Kier molecular flexibility index (Phi) is 5.78. The maximum Gasteiger partial charge on any atom is 0.282 e. The number of ether oxygens (including phenoxy) is 2. The lowest BCUT2D eigenvalue weighted by Crippen LogP contribution is -2.47. The lowest BCUT2D eigenvalue weighted by Gasteiger charge is -2.35. The van der Waals surface area contributed by atoms with Crippen LogP contribution in [0.15, 0.2) is 41.4 Å². The Balaban J connectivity index is 1.74. The van der Waals surface area contributed by atoms with Crippen molar-refractivity contribution in [3.63, 3.8) is 0 Å². The van der Waals surface area contributed by atoms with E-state index in [4.69, 9.17) is 9.47 Å². The van der Waals surface area contributed by atoms with Gasteiger partial charge in [0.15, 0.2) is 11.5 Å². The van der Waals surface area contributed by atoms with Gasteiger partial charge in [-0.05, 0) is 30.1 Å². The monoisotopic (exact) mass is 427 g/mol. The molecular weight excluding hydrogens is 402 g/mol. The predicted octanol–water partition coefficient (Wildman–Crippen LogP) is 2.69. The molecule has 0 atom stereocenters. The van der Waals surface area contributed by atoms with E-state index in [2.05, 4.69) is 16.7 Å². The molecule has 4 rings (SSSR count). The van der Waals surface area contributed by atoms with E-state index in [1.807, 2.05) is 17.5 Å². The molecule has 0 saturated carbocycles. The molecular formula is C22H25N3O4S. The molecule has 0 radical (unpaired) electrons. The average molecular weight is 428 g/mol. The zero-order chi connectivity index (χ0) is 21.3. The number of hydrogen-bond acceptors (Lipinski definition) is 7. The van der Waals surface area contributed by atoms with Crippen molar-refractivity contribution in [3.05, 3.63) is 46.3 Å². The van der Waals surface area contributed by atoms with Crippen LogP contribution in [0.4, 0.5) is 5.69 Å². The van der Waals surface area contributed by atoms with Crippen molar-refractivity contribution < 1.29 is 19.1 Å². The van der Waals surface area contributed by atoms with E-state index in [1.165, 1.54) is 23.3 Å². The Hall–Kier alpha value is -2.84. The van der Waals surface area contributed by atoms with Crippen LogP contribution in [0.1, 0.15) is 11.8 Å². The normalized spacial score (nSPS) is 17.8. The van der Waals surface area contributed by atoms with Gasteiger partial charge in [-0.25, -0.2) is 4.90 Å². The Morgan fingerprint density at radius 1 is 0.967 bits per heavy atom. The molecule has 7 nitrogen and oxygen atoms in total. The minimum atomic E-state index is -0.303. The first kappa shape index (κ1) is 20.4. The molecule has 0 aliphatic carbocycles. The second kappa shape index (κ2) is 8.49. The van der Waals surface area contributed by atoms with Crippen molar-refractivity contribution >= 4 is 34.4 Å². The first-order valence-electron chi connectivity index (χ1n) is 9.95. The lowest BCUT2D eigenvalue weighted by molar-refractivity contribution is -0.120. The van der Waals surface area contributed by atoms with Gasteiger partial charge in [0.2, 0.25) is 0 Å². The molecule has 2 amide bonds. The van der Waals surface area contributed by atoms with Crippen LogP contribution in [0.3, 0.4) is 0 Å². The summed E-state index contributed by atoms with van der Waals surface area (Å²) >= 11 is 1.47. The lowest BCUT2D eigenvalue weighted by atomic mass is 10.1. The quantitative estimate of drug-likeness (QED) is 0.661. The average Bonchev–Trinajstić information content (AvgIpc) is 3.39. The number of piperazine rings is 1. The molecule has 2 aliphatic heterocycles. The van der Waals surface area contributed by atoms with Gasteiger partial charge in [-0.1, -0.05) is 13.0 Å². The van der Waals surface area contributed by atoms with Crippen molar-refractivity contribution in [1.82, 2.24) is 9.80 Å². The maximum atomic E-state index is 13.6. The van der Waals surface area contributed by atoms with E-state index in [0.29, 0.717) is 28.5 Å². The van der Waals surface area contributed by atoms with E-state index in [0.717, 1.165) is 37.6 Å². The number of methoxy groups -OCH3 is 2. The smallest absolute Gasteiger partial charge is 0.282 e. The molecule has 30 heavy (non-hydrogen) atoms. The van der Waals surface area contributed by atoms with Crippen LogP contribution in [-0.4, -0.2) is 68.6 Å². The highest BCUT2D eigenvalue weighted by molar-refractivity contribution is 7.11. The van der Waals surface area contributed by atoms with Crippen molar-refractivity contribution in [2.45, 2.75) is 6.92 Å². The fourth-order valence-electron chi connectivity index (χ4n) is 3.94. The first-order valence-corrected chi connectivity index (χ1v) is 10.8. The largest absolute Gasteiger partial charge is 0.493 e. The summed E-state index contributed by atoms with van der Waals surface area (Å²) < 4.78 is 10.7. The summed E-state index contributed by atoms with van der Waals surface area (Å²) in [6.07, 6.45) is 0. The van der Waals surface area contributed by atoms with Gasteiger partial charge in [-0.2, -0.15) is 0 Å². The summed E-state index contributed by atoms with van der Waals surface area (Å²) in [4.78, 5) is 33.5. The van der Waals surface area contributed by atoms with Crippen LogP contribution in [0.5, 0.6) is 11.5 Å². The van der Waals surface area contributed by atoms with Gasteiger partial charge in [0.25, 0.3) is 11.8 Å². The molecule has 2 aromatic rings. The van der Waals surface area contributed by atoms with Crippen molar-refractivity contribution in [2.75, 3.05) is 51.8 Å². The number of amides is 2. The van der Waals surface area contributed by atoms with Gasteiger partial charge in [0, 0.05) is 37.1 Å². The summed E-state index contributed by atoms with van der Waals surface area (Å²) in [5.74, 6) is 0.420. The molecule has 1 saturated heterocycles. The van der Waals surface area contributed by atoms with Gasteiger partial charge in [-0.15, -0.1) is 11.3 Å².